The van der Waals surface area contributed by atoms with Crippen molar-refractivity contribution < 1.29 is 9.15 Å². The van der Waals surface area contributed by atoms with Gasteiger partial charge in [0.2, 0.25) is 0 Å². The molecule has 3 atom stereocenters. The van der Waals surface area contributed by atoms with E-state index in [9.17, 15) is 0 Å². The molecule has 1 aliphatic rings. The smallest absolute Gasteiger partial charge is 0.103 e. The molecule has 0 aliphatic carbocycles. The molecule has 0 spiro atoms. The standard InChI is InChI=1S/C18H27N3O2/c1-3-21-17(8-10-20-21)18-15(9-12-23-18)13-19-14(2)6-7-16-5-4-11-22-16/h4-5,8,10-11,14-15,18-19H,3,6-7,9,12-13H2,1-2H3/t14-,15-,18+/m0/s1. The predicted molar refractivity (Wildman–Crippen MR) is 89.2 cm³/mol. The second kappa shape index (κ2) is 7.79. The highest BCUT2D eigenvalue weighted by molar-refractivity contribution is 5.08. The van der Waals surface area contributed by atoms with Crippen LogP contribution in [0, 0.1) is 5.92 Å². The van der Waals surface area contributed by atoms with E-state index in [1.807, 2.05) is 23.0 Å². The third kappa shape index (κ3) is 4.03. The number of furan rings is 1. The lowest BCUT2D eigenvalue weighted by Crippen LogP contribution is -2.33. The molecule has 0 radical (unpaired) electrons. The molecule has 3 rings (SSSR count). The highest BCUT2D eigenvalue weighted by Gasteiger charge is 2.31. The molecule has 1 saturated heterocycles. The summed E-state index contributed by atoms with van der Waals surface area (Å²) >= 11 is 0. The molecule has 0 amide bonds. The zero-order valence-corrected chi connectivity index (χ0v) is 14.1. The van der Waals surface area contributed by atoms with Crippen molar-refractivity contribution in [1.29, 1.82) is 0 Å². The van der Waals surface area contributed by atoms with Gasteiger partial charge in [0.25, 0.3) is 0 Å². The Morgan fingerprint density at radius 2 is 2.35 bits per heavy atom. The molecule has 1 fully saturated rings. The van der Waals surface area contributed by atoms with E-state index in [2.05, 4.69) is 30.3 Å². The Hall–Kier alpha value is -1.59. The molecule has 2 aromatic rings. The first kappa shape index (κ1) is 16.3. The van der Waals surface area contributed by atoms with Gasteiger partial charge in [0, 0.05) is 44.3 Å². The van der Waals surface area contributed by atoms with Crippen LogP contribution >= 0.6 is 0 Å². The van der Waals surface area contributed by atoms with E-state index in [0.717, 1.165) is 44.7 Å². The summed E-state index contributed by atoms with van der Waals surface area (Å²) in [6.07, 6.45) is 6.95. The number of aryl methyl sites for hydroxylation is 2. The van der Waals surface area contributed by atoms with Crippen molar-refractivity contribution >= 4 is 0 Å². The minimum Gasteiger partial charge on any atom is -0.469 e. The Kier molecular flexibility index (Phi) is 5.51. The first-order valence-corrected chi connectivity index (χ1v) is 8.67. The van der Waals surface area contributed by atoms with Crippen LogP contribution in [0.25, 0.3) is 0 Å². The molecular weight excluding hydrogens is 290 g/mol. The van der Waals surface area contributed by atoms with E-state index in [1.54, 1.807) is 6.26 Å². The van der Waals surface area contributed by atoms with Gasteiger partial charge in [-0.1, -0.05) is 0 Å². The van der Waals surface area contributed by atoms with Crippen molar-refractivity contribution in [1.82, 2.24) is 15.1 Å². The topological polar surface area (TPSA) is 52.2 Å². The van der Waals surface area contributed by atoms with E-state index in [-0.39, 0.29) is 6.10 Å². The van der Waals surface area contributed by atoms with Crippen molar-refractivity contribution in [2.45, 2.75) is 51.8 Å². The number of aromatic nitrogens is 2. The van der Waals surface area contributed by atoms with Crippen molar-refractivity contribution in [2.75, 3.05) is 13.2 Å². The lowest BCUT2D eigenvalue weighted by molar-refractivity contribution is 0.0824. The average Bonchev–Trinajstić information content (AvgIpc) is 3.31. The Morgan fingerprint density at radius 3 is 3.13 bits per heavy atom. The molecule has 0 unspecified atom stereocenters. The largest absolute Gasteiger partial charge is 0.469 e. The Bertz CT molecular complexity index is 579. The fourth-order valence-corrected chi connectivity index (χ4v) is 3.29. The molecule has 3 heterocycles. The van der Waals surface area contributed by atoms with Crippen LogP contribution in [0.5, 0.6) is 0 Å². The zero-order valence-electron chi connectivity index (χ0n) is 14.1. The lowest BCUT2D eigenvalue weighted by atomic mass is 9.98. The molecule has 1 N–H and O–H groups in total. The fraction of sp³-hybridized carbons (Fsp3) is 0.611. The van der Waals surface area contributed by atoms with Gasteiger partial charge in [-0.05, 0) is 44.9 Å². The molecule has 126 valence electrons. The van der Waals surface area contributed by atoms with Crippen LogP contribution in [-0.4, -0.2) is 29.0 Å². The summed E-state index contributed by atoms with van der Waals surface area (Å²) in [7, 11) is 0. The zero-order chi connectivity index (χ0) is 16.1. The van der Waals surface area contributed by atoms with E-state index < -0.39 is 0 Å². The van der Waals surface area contributed by atoms with Gasteiger partial charge in [0.05, 0.1) is 12.0 Å². The number of nitrogens with one attached hydrogen (secondary N) is 1. The van der Waals surface area contributed by atoms with E-state index in [1.165, 1.54) is 5.69 Å². The van der Waals surface area contributed by atoms with Crippen molar-refractivity contribution in [3.63, 3.8) is 0 Å². The maximum absolute atomic E-state index is 5.99. The molecular formula is C18H27N3O2. The van der Waals surface area contributed by atoms with Crippen molar-refractivity contribution in [3.8, 4) is 0 Å². The summed E-state index contributed by atoms with van der Waals surface area (Å²) in [5.41, 5.74) is 1.21. The first-order chi connectivity index (χ1) is 11.3. The van der Waals surface area contributed by atoms with E-state index in [4.69, 9.17) is 9.15 Å². The highest BCUT2D eigenvalue weighted by atomic mass is 16.5. The molecule has 0 bridgehead atoms. The minimum atomic E-state index is 0.169. The van der Waals surface area contributed by atoms with Gasteiger partial charge in [0.1, 0.15) is 11.9 Å². The summed E-state index contributed by atoms with van der Waals surface area (Å²) in [6.45, 7) is 7.08. The Balaban J connectivity index is 1.49. The molecule has 2 aromatic heterocycles. The monoisotopic (exact) mass is 317 g/mol. The van der Waals surface area contributed by atoms with Gasteiger partial charge in [-0.2, -0.15) is 5.10 Å². The summed E-state index contributed by atoms with van der Waals surface area (Å²) in [5, 5.41) is 8.04. The van der Waals surface area contributed by atoms with Gasteiger partial charge in [-0.25, -0.2) is 0 Å². The third-order valence-corrected chi connectivity index (χ3v) is 4.69. The van der Waals surface area contributed by atoms with Crippen LogP contribution in [0.15, 0.2) is 35.1 Å². The van der Waals surface area contributed by atoms with Crippen LogP contribution in [0.4, 0.5) is 0 Å². The number of nitrogens with zero attached hydrogens (tertiary/aromatic N) is 2. The molecule has 5 heteroatoms. The SMILES string of the molecule is CCn1nccc1[C@@H]1OCC[C@H]1CN[C@@H](C)CCc1ccco1. The molecule has 1 aliphatic heterocycles. The summed E-state index contributed by atoms with van der Waals surface area (Å²) in [5.74, 6) is 1.58. The van der Waals surface area contributed by atoms with E-state index in [0.29, 0.717) is 12.0 Å². The summed E-state index contributed by atoms with van der Waals surface area (Å²) in [4.78, 5) is 0. The molecule has 0 aromatic carbocycles. The summed E-state index contributed by atoms with van der Waals surface area (Å²) < 4.78 is 13.4. The van der Waals surface area contributed by atoms with Gasteiger partial charge in [0.15, 0.2) is 0 Å². The first-order valence-electron chi connectivity index (χ1n) is 8.67. The maximum atomic E-state index is 5.99. The van der Waals surface area contributed by atoms with Gasteiger partial charge >= 0.3 is 0 Å². The van der Waals surface area contributed by atoms with Crippen molar-refractivity contribution in [3.05, 3.63) is 42.1 Å². The number of hydrogen-bond donors (Lipinski definition) is 1. The molecule has 5 nitrogen and oxygen atoms in total. The second-order valence-corrected chi connectivity index (χ2v) is 6.34. The van der Waals surface area contributed by atoms with Gasteiger partial charge < -0.3 is 14.5 Å². The normalized spacial score (nSPS) is 22.5. The Morgan fingerprint density at radius 1 is 1.43 bits per heavy atom. The van der Waals surface area contributed by atoms with Gasteiger partial charge in [-0.3, -0.25) is 4.68 Å². The highest BCUT2D eigenvalue weighted by Crippen LogP contribution is 2.34. The second-order valence-electron chi connectivity index (χ2n) is 6.34. The van der Waals surface area contributed by atoms with Crippen LogP contribution < -0.4 is 5.32 Å². The Labute approximate surface area is 138 Å². The quantitative estimate of drug-likeness (QED) is 0.812. The van der Waals surface area contributed by atoms with Gasteiger partial charge in [-0.15, -0.1) is 0 Å². The maximum Gasteiger partial charge on any atom is 0.103 e. The van der Waals surface area contributed by atoms with Crippen molar-refractivity contribution in [2.24, 2.45) is 5.92 Å². The van der Waals surface area contributed by atoms with Crippen LogP contribution in [-0.2, 0) is 17.7 Å². The summed E-state index contributed by atoms with van der Waals surface area (Å²) in [6, 6.07) is 6.55. The van der Waals surface area contributed by atoms with Crippen LogP contribution in [0.3, 0.4) is 0 Å². The minimum absolute atomic E-state index is 0.169. The van der Waals surface area contributed by atoms with E-state index >= 15 is 0 Å². The number of hydrogen-bond acceptors (Lipinski definition) is 4. The van der Waals surface area contributed by atoms with Crippen LogP contribution in [0.2, 0.25) is 0 Å². The molecule has 0 saturated carbocycles. The fourth-order valence-electron chi connectivity index (χ4n) is 3.29. The molecule has 23 heavy (non-hydrogen) atoms. The third-order valence-electron chi connectivity index (χ3n) is 4.69. The number of ether oxygens (including phenoxy) is 1. The lowest BCUT2D eigenvalue weighted by Gasteiger charge is -2.22. The van der Waals surface area contributed by atoms with Crippen LogP contribution in [0.1, 0.15) is 44.2 Å². The average molecular weight is 317 g/mol. The number of rotatable bonds is 8. The predicted octanol–water partition coefficient (Wildman–Crippen LogP) is 3.18.